The van der Waals surface area contributed by atoms with Crippen molar-refractivity contribution < 1.29 is 9.53 Å². The van der Waals surface area contributed by atoms with Gasteiger partial charge in [-0.2, -0.15) is 0 Å². The molecular weight excluding hydrogens is 363 g/mol. The molecule has 0 spiro atoms. The Bertz CT molecular complexity index is 787. The number of hydrogen-bond donors (Lipinski definition) is 0. The Labute approximate surface area is 148 Å². The number of rotatable bonds is 2. The van der Waals surface area contributed by atoms with Crippen LogP contribution in [0.2, 0.25) is 4.82 Å². The number of allylic oxidation sites excluding steroid dienone is 5. The van der Waals surface area contributed by atoms with E-state index in [1.165, 1.54) is 22.0 Å². The van der Waals surface area contributed by atoms with Gasteiger partial charge < -0.3 is 0 Å². The van der Waals surface area contributed by atoms with E-state index in [-0.39, 0.29) is 0 Å². The fourth-order valence-corrected chi connectivity index (χ4v) is 8.81. The van der Waals surface area contributed by atoms with E-state index in [0.717, 1.165) is 16.5 Å². The number of carbonyl (C=O) groups is 1. The SMILES string of the molecule is COc1ccc(C2=C3C=CC(=O)CC3C3C4C=CC(C4)C3[Se]2)cc1. The first kappa shape index (κ1) is 14.7. The van der Waals surface area contributed by atoms with Crippen LogP contribution < -0.4 is 4.74 Å². The van der Waals surface area contributed by atoms with Gasteiger partial charge in [0.2, 0.25) is 0 Å². The second-order valence-corrected chi connectivity index (χ2v) is 9.72. The maximum absolute atomic E-state index is 12.1. The van der Waals surface area contributed by atoms with Crippen molar-refractivity contribution in [1.82, 2.24) is 0 Å². The molecule has 1 aromatic carbocycles. The zero-order valence-electron chi connectivity index (χ0n) is 13.6. The summed E-state index contributed by atoms with van der Waals surface area (Å²) >= 11 is 0.472. The van der Waals surface area contributed by atoms with Crippen LogP contribution >= 0.6 is 0 Å². The van der Waals surface area contributed by atoms with Crippen molar-refractivity contribution in [1.29, 1.82) is 0 Å². The maximum atomic E-state index is 12.1. The summed E-state index contributed by atoms with van der Waals surface area (Å²) in [5.74, 6) is 3.79. The minimum atomic E-state index is 0.303. The first-order valence-corrected chi connectivity index (χ1v) is 10.5. The molecule has 3 aliphatic carbocycles. The van der Waals surface area contributed by atoms with Crippen molar-refractivity contribution in [2.45, 2.75) is 17.7 Å². The van der Waals surface area contributed by atoms with E-state index in [9.17, 15) is 4.79 Å². The third-order valence-corrected chi connectivity index (χ3v) is 9.50. The fourth-order valence-electron chi connectivity index (χ4n) is 4.98. The predicted octanol–water partition coefficient (Wildman–Crippen LogP) is 3.88. The Morgan fingerprint density at radius 3 is 2.67 bits per heavy atom. The molecule has 1 aliphatic heterocycles. The Morgan fingerprint density at radius 1 is 1.08 bits per heavy atom. The van der Waals surface area contributed by atoms with Crippen LogP contribution in [-0.4, -0.2) is 27.8 Å². The topological polar surface area (TPSA) is 26.3 Å². The molecular formula is C21H20O2Se. The van der Waals surface area contributed by atoms with Gasteiger partial charge in [0.1, 0.15) is 0 Å². The van der Waals surface area contributed by atoms with Gasteiger partial charge in [-0.05, 0) is 0 Å². The van der Waals surface area contributed by atoms with Crippen LogP contribution in [-0.2, 0) is 4.79 Å². The van der Waals surface area contributed by atoms with E-state index < -0.39 is 0 Å². The average Bonchev–Trinajstić information content (AvgIpc) is 3.23. The molecule has 0 aromatic heterocycles. The third-order valence-electron chi connectivity index (χ3n) is 6.05. The second-order valence-electron chi connectivity index (χ2n) is 7.23. The molecule has 2 bridgehead atoms. The molecule has 1 aromatic rings. The molecule has 3 heteroatoms. The average molecular weight is 383 g/mol. The number of benzene rings is 1. The molecule has 2 nitrogen and oxygen atoms in total. The van der Waals surface area contributed by atoms with Gasteiger partial charge in [0.25, 0.3) is 0 Å². The van der Waals surface area contributed by atoms with Crippen molar-refractivity contribution in [3.63, 3.8) is 0 Å². The molecule has 0 radical (unpaired) electrons. The molecule has 5 unspecified atom stereocenters. The van der Waals surface area contributed by atoms with Crippen LogP contribution in [0.1, 0.15) is 18.4 Å². The summed E-state index contributed by atoms with van der Waals surface area (Å²) in [5, 5.41) is 0. The Hall–Kier alpha value is -1.57. The Balaban J connectivity index is 1.61. The summed E-state index contributed by atoms with van der Waals surface area (Å²) in [5.41, 5.74) is 2.77. The molecule has 0 N–H and O–H groups in total. The van der Waals surface area contributed by atoms with Crippen LogP contribution in [0.4, 0.5) is 0 Å². The third kappa shape index (κ3) is 2.11. The monoisotopic (exact) mass is 384 g/mol. The molecule has 1 heterocycles. The number of hydrogen-bond acceptors (Lipinski definition) is 2. The molecule has 24 heavy (non-hydrogen) atoms. The van der Waals surface area contributed by atoms with Crippen LogP contribution in [0.25, 0.3) is 4.47 Å². The summed E-state index contributed by atoms with van der Waals surface area (Å²) in [6, 6.07) is 8.48. The molecule has 4 aliphatic rings. The van der Waals surface area contributed by atoms with Crippen molar-refractivity contribution in [3.05, 3.63) is 59.7 Å². The first-order valence-electron chi connectivity index (χ1n) is 8.69. The van der Waals surface area contributed by atoms with E-state index in [2.05, 4.69) is 42.5 Å². The van der Waals surface area contributed by atoms with E-state index in [1.54, 1.807) is 13.2 Å². The van der Waals surface area contributed by atoms with Gasteiger partial charge in [0.15, 0.2) is 0 Å². The standard InChI is InChI=1S/C21H20O2Se/c1-23-16-7-4-12(5-8-16)20-17-9-6-15(22)11-18(17)19-13-2-3-14(10-13)21(19)24-20/h2-9,13-14,18-19,21H,10-11H2,1H3. The van der Waals surface area contributed by atoms with Gasteiger partial charge in [-0.15, -0.1) is 0 Å². The number of methoxy groups -OCH3 is 1. The van der Waals surface area contributed by atoms with Crippen molar-refractivity contribution in [2.75, 3.05) is 7.11 Å². The number of ether oxygens (including phenoxy) is 1. The van der Waals surface area contributed by atoms with Crippen LogP contribution in [0.3, 0.4) is 0 Å². The van der Waals surface area contributed by atoms with Gasteiger partial charge in [-0.25, -0.2) is 0 Å². The van der Waals surface area contributed by atoms with E-state index in [1.807, 2.05) is 0 Å². The van der Waals surface area contributed by atoms with Gasteiger partial charge in [0, 0.05) is 0 Å². The van der Waals surface area contributed by atoms with Crippen LogP contribution in [0.5, 0.6) is 5.75 Å². The zero-order valence-corrected chi connectivity index (χ0v) is 15.4. The summed E-state index contributed by atoms with van der Waals surface area (Å²) in [4.78, 5) is 12.9. The van der Waals surface area contributed by atoms with Gasteiger partial charge >= 0.3 is 149 Å². The van der Waals surface area contributed by atoms with E-state index in [0.29, 0.717) is 44.9 Å². The Morgan fingerprint density at radius 2 is 1.88 bits per heavy atom. The summed E-state index contributed by atoms with van der Waals surface area (Å²) in [6.45, 7) is 0. The molecule has 0 amide bonds. The molecule has 1 fully saturated rings. The van der Waals surface area contributed by atoms with Crippen LogP contribution in [0, 0.1) is 23.7 Å². The first-order chi connectivity index (χ1) is 11.7. The molecule has 1 saturated carbocycles. The van der Waals surface area contributed by atoms with Crippen molar-refractivity contribution >= 4 is 25.2 Å². The van der Waals surface area contributed by atoms with Crippen LogP contribution in [0.15, 0.2) is 54.1 Å². The van der Waals surface area contributed by atoms with Gasteiger partial charge in [0.05, 0.1) is 0 Å². The molecule has 122 valence electrons. The fraction of sp³-hybridized carbons (Fsp3) is 0.381. The number of ketones is 1. The summed E-state index contributed by atoms with van der Waals surface area (Å²) in [7, 11) is 1.71. The normalized spacial score (nSPS) is 36.0. The second kappa shape index (κ2) is 5.47. The predicted molar refractivity (Wildman–Crippen MR) is 95.9 cm³/mol. The van der Waals surface area contributed by atoms with Crippen molar-refractivity contribution in [3.8, 4) is 5.75 Å². The summed E-state index contributed by atoms with van der Waals surface area (Å²) < 4.78 is 6.82. The van der Waals surface area contributed by atoms with E-state index in [4.69, 9.17) is 4.74 Å². The zero-order chi connectivity index (χ0) is 16.3. The molecule has 5 rings (SSSR count). The minimum absolute atomic E-state index is 0.303. The quantitative estimate of drug-likeness (QED) is 0.572. The summed E-state index contributed by atoms with van der Waals surface area (Å²) in [6.07, 6.45) is 10.8. The number of fused-ring (bicyclic) bond motifs is 7. The van der Waals surface area contributed by atoms with Gasteiger partial charge in [-0.3, -0.25) is 0 Å². The number of carbonyl (C=O) groups excluding carboxylic acids is 1. The molecule has 5 atom stereocenters. The van der Waals surface area contributed by atoms with Crippen molar-refractivity contribution in [2.24, 2.45) is 23.7 Å². The van der Waals surface area contributed by atoms with Gasteiger partial charge in [-0.1, -0.05) is 0 Å². The Kier molecular flexibility index (Phi) is 3.36. The molecule has 0 saturated heterocycles. The van der Waals surface area contributed by atoms with E-state index >= 15 is 0 Å².